The first-order valence-electron chi connectivity index (χ1n) is 13.5. The smallest absolute Gasteiger partial charge is 0.305 e. The van der Waals surface area contributed by atoms with Crippen LogP contribution in [0.5, 0.6) is 0 Å². The molecule has 0 amide bonds. The van der Waals surface area contributed by atoms with Crippen molar-refractivity contribution in [2.45, 2.75) is 105 Å². The Morgan fingerprint density at radius 3 is 2.44 bits per heavy atom. The summed E-state index contributed by atoms with van der Waals surface area (Å²) in [5.74, 6) is 3.20. The second-order valence-electron chi connectivity index (χ2n) is 12.2. The summed E-state index contributed by atoms with van der Waals surface area (Å²) in [4.78, 5) is 25.9. The van der Waals surface area contributed by atoms with Crippen LogP contribution in [0.1, 0.15) is 98.8 Å². The van der Waals surface area contributed by atoms with Crippen molar-refractivity contribution in [1.82, 2.24) is 0 Å². The van der Waals surface area contributed by atoms with E-state index >= 15 is 0 Å². The van der Waals surface area contributed by atoms with E-state index in [1.807, 2.05) is 6.92 Å². The summed E-state index contributed by atoms with van der Waals surface area (Å²) in [5, 5.41) is 10.4. The zero-order valence-electron chi connectivity index (χ0n) is 21.1. The molecule has 0 aromatic carbocycles. The first-order valence-corrected chi connectivity index (χ1v) is 13.5. The fourth-order valence-electron chi connectivity index (χ4n) is 9.39. The van der Waals surface area contributed by atoms with Crippen molar-refractivity contribution >= 4 is 11.8 Å². The number of hydrogen-bond donors (Lipinski definition) is 1. The molecule has 0 aromatic heterocycles. The number of ether oxygens (including phenoxy) is 1. The van der Waals surface area contributed by atoms with Crippen LogP contribution in [0.25, 0.3) is 0 Å². The van der Waals surface area contributed by atoms with Crippen LogP contribution in [0.15, 0.2) is 0 Å². The maximum absolute atomic E-state index is 14.0. The molecule has 0 aromatic rings. The van der Waals surface area contributed by atoms with Gasteiger partial charge in [0.15, 0.2) is 0 Å². The zero-order chi connectivity index (χ0) is 23.3. The average molecular weight is 447 g/mol. The van der Waals surface area contributed by atoms with Gasteiger partial charge in [0.2, 0.25) is 0 Å². The highest BCUT2D eigenvalue weighted by atomic mass is 16.5. The van der Waals surface area contributed by atoms with E-state index in [1.54, 1.807) is 0 Å². The van der Waals surface area contributed by atoms with Crippen molar-refractivity contribution in [2.75, 3.05) is 6.61 Å². The maximum atomic E-state index is 14.0. The van der Waals surface area contributed by atoms with Gasteiger partial charge in [0.1, 0.15) is 5.78 Å². The fourth-order valence-corrected chi connectivity index (χ4v) is 9.39. The molecule has 0 aliphatic heterocycles. The van der Waals surface area contributed by atoms with E-state index < -0.39 is 0 Å². The summed E-state index contributed by atoms with van der Waals surface area (Å²) >= 11 is 0. The van der Waals surface area contributed by atoms with Gasteiger partial charge in [-0.2, -0.15) is 0 Å². The molecule has 4 rings (SSSR count). The number of hydrogen-bond acceptors (Lipinski definition) is 4. The van der Waals surface area contributed by atoms with Crippen molar-refractivity contribution in [3.05, 3.63) is 0 Å². The Bertz CT molecular complexity index is 718. The lowest BCUT2D eigenvalue weighted by atomic mass is 9.42. The van der Waals surface area contributed by atoms with E-state index in [4.69, 9.17) is 4.74 Å². The lowest BCUT2D eigenvalue weighted by molar-refractivity contribution is -0.173. The number of carbonyl (C=O) groups is 2. The van der Waals surface area contributed by atoms with Crippen LogP contribution in [0.2, 0.25) is 0 Å². The van der Waals surface area contributed by atoms with Gasteiger partial charge >= 0.3 is 5.97 Å². The highest BCUT2D eigenvalue weighted by Crippen LogP contribution is 2.68. The number of aliphatic hydroxyl groups excluding tert-OH is 1. The molecule has 1 N–H and O–H groups in total. The summed E-state index contributed by atoms with van der Waals surface area (Å²) < 4.78 is 5.16. The minimum absolute atomic E-state index is 0.0746. The topological polar surface area (TPSA) is 63.6 Å². The van der Waals surface area contributed by atoms with Crippen LogP contribution in [-0.4, -0.2) is 29.6 Å². The number of carbonyl (C=O) groups excluding carboxylic acids is 2. The van der Waals surface area contributed by atoms with Gasteiger partial charge in [-0.1, -0.05) is 27.7 Å². The molecule has 0 spiro atoms. The summed E-state index contributed by atoms with van der Waals surface area (Å²) in [6.45, 7) is 11.8. The normalized spacial score (nSPS) is 46.7. The van der Waals surface area contributed by atoms with Crippen molar-refractivity contribution < 1.29 is 19.4 Å². The minimum atomic E-state index is -0.226. The Kier molecular flexibility index (Phi) is 6.85. The highest BCUT2D eigenvalue weighted by molar-refractivity contribution is 5.86. The Labute approximate surface area is 195 Å². The molecule has 4 aliphatic carbocycles. The quantitative estimate of drug-likeness (QED) is 0.524. The number of ketones is 1. The van der Waals surface area contributed by atoms with Crippen LogP contribution in [0.4, 0.5) is 0 Å². The second-order valence-corrected chi connectivity index (χ2v) is 12.2. The number of Topliss-reactive ketones (excluding diaryl/α,β-unsaturated/α-hetero) is 1. The van der Waals surface area contributed by atoms with Gasteiger partial charge in [-0.3, -0.25) is 9.59 Å². The average Bonchev–Trinajstić information content (AvgIpc) is 3.11. The van der Waals surface area contributed by atoms with Crippen LogP contribution < -0.4 is 0 Å². The van der Waals surface area contributed by atoms with Crippen LogP contribution in [0, 0.1) is 52.3 Å². The molecule has 4 fully saturated rings. The number of rotatable bonds is 6. The Morgan fingerprint density at radius 2 is 1.75 bits per heavy atom. The molecule has 4 nitrogen and oxygen atoms in total. The van der Waals surface area contributed by atoms with Gasteiger partial charge in [0.25, 0.3) is 0 Å². The van der Waals surface area contributed by atoms with Crippen molar-refractivity contribution in [2.24, 2.45) is 52.3 Å². The minimum Gasteiger partial charge on any atom is -0.466 e. The maximum Gasteiger partial charge on any atom is 0.305 e. The van der Waals surface area contributed by atoms with E-state index in [0.29, 0.717) is 48.4 Å². The summed E-state index contributed by atoms with van der Waals surface area (Å²) in [7, 11) is 0. The SMILES string of the molecule is CCOC(=O)CC[C@@H](C)[C@H]1CC[C@H]2[C@@H]3C(=O)C(CC)[C@@H]4C[C@H](O)CC[C@]4(C)[C@H]3CC[C@]12C. The van der Waals surface area contributed by atoms with Crippen molar-refractivity contribution in [3.63, 3.8) is 0 Å². The molecule has 32 heavy (non-hydrogen) atoms. The lowest BCUT2D eigenvalue weighted by Crippen LogP contribution is -2.60. The Hall–Kier alpha value is -0.900. The van der Waals surface area contributed by atoms with Gasteiger partial charge in [-0.25, -0.2) is 0 Å². The summed E-state index contributed by atoms with van der Waals surface area (Å²) in [6, 6.07) is 0. The van der Waals surface area contributed by atoms with E-state index in [1.165, 1.54) is 12.8 Å². The van der Waals surface area contributed by atoms with Crippen molar-refractivity contribution in [3.8, 4) is 0 Å². The van der Waals surface area contributed by atoms with Gasteiger partial charge < -0.3 is 9.84 Å². The predicted molar refractivity (Wildman–Crippen MR) is 126 cm³/mol. The first kappa shape index (κ1) is 24.2. The van der Waals surface area contributed by atoms with Gasteiger partial charge in [0, 0.05) is 18.3 Å². The Balaban J connectivity index is 1.56. The second kappa shape index (κ2) is 9.04. The largest absolute Gasteiger partial charge is 0.466 e. The lowest BCUT2D eigenvalue weighted by Gasteiger charge is -2.62. The summed E-state index contributed by atoms with van der Waals surface area (Å²) in [6.07, 6.45) is 9.61. The summed E-state index contributed by atoms with van der Waals surface area (Å²) in [5.41, 5.74) is 0.411. The molecule has 10 atom stereocenters. The molecule has 0 radical (unpaired) electrons. The zero-order valence-corrected chi connectivity index (χ0v) is 21.1. The molecule has 1 unspecified atom stereocenters. The third kappa shape index (κ3) is 3.77. The molecule has 0 bridgehead atoms. The molecular formula is C28H46O4. The van der Waals surface area contributed by atoms with Crippen LogP contribution >= 0.6 is 0 Å². The predicted octanol–water partition coefficient (Wildman–Crippen LogP) is 5.80. The van der Waals surface area contributed by atoms with Crippen LogP contribution in [0.3, 0.4) is 0 Å². The molecule has 0 saturated heterocycles. The van der Waals surface area contributed by atoms with Gasteiger partial charge in [0.05, 0.1) is 12.7 Å². The van der Waals surface area contributed by atoms with Gasteiger partial charge in [-0.15, -0.1) is 0 Å². The molecular weight excluding hydrogens is 400 g/mol. The van der Waals surface area contributed by atoms with E-state index in [9.17, 15) is 14.7 Å². The Morgan fingerprint density at radius 1 is 1.06 bits per heavy atom. The number of esters is 1. The third-order valence-corrected chi connectivity index (χ3v) is 11.0. The van der Waals surface area contributed by atoms with E-state index in [2.05, 4.69) is 27.7 Å². The van der Waals surface area contributed by atoms with Gasteiger partial charge in [-0.05, 0) is 105 Å². The molecule has 4 aliphatic rings. The molecule has 4 saturated carbocycles. The van der Waals surface area contributed by atoms with Crippen LogP contribution in [-0.2, 0) is 14.3 Å². The van der Waals surface area contributed by atoms with Crippen molar-refractivity contribution in [1.29, 1.82) is 0 Å². The standard InChI is InChI=1S/C28H46O4/c1-6-19-23-16-18(29)12-14-28(23,5)22-13-15-27(4)20(9-10-21(27)25(22)26(19)31)17(3)8-11-24(30)32-7-2/h17-23,25,29H,6-16H2,1-5H3/t17-,18-,19?,20-,21+,22+,23+,25+,27-,28-/m1/s1. The third-order valence-electron chi connectivity index (χ3n) is 11.0. The van der Waals surface area contributed by atoms with E-state index in [0.717, 1.165) is 44.9 Å². The monoisotopic (exact) mass is 446 g/mol. The molecule has 0 heterocycles. The van der Waals surface area contributed by atoms with E-state index in [-0.39, 0.29) is 34.7 Å². The first-order chi connectivity index (χ1) is 15.2. The fraction of sp³-hybridized carbons (Fsp3) is 0.929. The number of aliphatic hydroxyl groups is 1. The molecule has 4 heteroatoms. The highest BCUT2D eigenvalue weighted by Gasteiger charge is 2.65. The number of fused-ring (bicyclic) bond motifs is 5. The molecule has 182 valence electrons.